The zero-order chi connectivity index (χ0) is 14.7. The van der Waals surface area contributed by atoms with Crippen LogP contribution in [0.5, 0.6) is 0 Å². The van der Waals surface area contributed by atoms with Gasteiger partial charge in [0.1, 0.15) is 5.37 Å². The number of thioether (sulfide) groups is 1. The Morgan fingerprint density at radius 3 is 2.52 bits per heavy atom. The molecule has 0 aromatic heterocycles. The number of hydrogen-bond acceptors (Lipinski definition) is 2. The topological polar surface area (TPSA) is 20.3 Å². The van der Waals surface area contributed by atoms with Crippen LogP contribution in [0.25, 0.3) is 0 Å². The van der Waals surface area contributed by atoms with Crippen molar-refractivity contribution in [3.05, 3.63) is 71.3 Å². The first-order chi connectivity index (χ1) is 10.3. The predicted molar refractivity (Wildman–Crippen MR) is 88.2 cm³/mol. The molecular formula is C18H19NOS. The fraction of sp³-hybridized carbons (Fsp3) is 0.278. The lowest BCUT2D eigenvalue weighted by Gasteiger charge is -2.25. The minimum Gasteiger partial charge on any atom is -0.318 e. The van der Waals surface area contributed by atoms with Gasteiger partial charge in [-0.25, -0.2) is 0 Å². The second kappa shape index (κ2) is 6.35. The summed E-state index contributed by atoms with van der Waals surface area (Å²) in [6, 6.07) is 18.2. The van der Waals surface area contributed by atoms with Gasteiger partial charge in [0.25, 0.3) is 5.91 Å². The van der Waals surface area contributed by atoms with Gasteiger partial charge in [0.15, 0.2) is 0 Å². The lowest BCUT2D eigenvalue weighted by molar-refractivity contribution is 0.0761. The van der Waals surface area contributed by atoms with Crippen molar-refractivity contribution in [3.63, 3.8) is 0 Å². The highest BCUT2D eigenvalue weighted by molar-refractivity contribution is 7.99. The van der Waals surface area contributed by atoms with Crippen molar-refractivity contribution in [2.75, 3.05) is 5.75 Å². The Kier molecular flexibility index (Phi) is 4.30. The van der Waals surface area contributed by atoms with E-state index in [1.807, 2.05) is 53.1 Å². The van der Waals surface area contributed by atoms with Crippen LogP contribution >= 0.6 is 11.8 Å². The Balaban J connectivity index is 1.89. The zero-order valence-corrected chi connectivity index (χ0v) is 13.0. The Labute approximate surface area is 130 Å². The maximum absolute atomic E-state index is 12.7. The molecule has 1 unspecified atom stereocenters. The molecule has 1 aliphatic rings. The Hall–Kier alpha value is -1.74. The molecule has 108 valence electrons. The highest BCUT2D eigenvalue weighted by Crippen LogP contribution is 2.42. The van der Waals surface area contributed by atoms with Crippen LogP contribution < -0.4 is 0 Å². The van der Waals surface area contributed by atoms with Gasteiger partial charge in [0.2, 0.25) is 0 Å². The van der Waals surface area contributed by atoms with Gasteiger partial charge in [-0.15, -0.1) is 11.8 Å². The van der Waals surface area contributed by atoms with Crippen molar-refractivity contribution in [1.82, 2.24) is 4.90 Å². The summed E-state index contributed by atoms with van der Waals surface area (Å²) in [7, 11) is 0. The van der Waals surface area contributed by atoms with E-state index in [1.165, 1.54) is 5.56 Å². The van der Waals surface area contributed by atoms with Crippen LogP contribution in [-0.4, -0.2) is 16.6 Å². The van der Waals surface area contributed by atoms with E-state index >= 15 is 0 Å². The third-order valence-electron chi connectivity index (χ3n) is 3.68. The summed E-state index contributed by atoms with van der Waals surface area (Å²) in [5, 5.41) is 0.147. The summed E-state index contributed by atoms with van der Waals surface area (Å²) in [5.74, 6) is 1.22. The molecule has 0 bridgehead atoms. The van der Waals surface area contributed by atoms with E-state index in [0.29, 0.717) is 6.54 Å². The van der Waals surface area contributed by atoms with Crippen LogP contribution in [0.15, 0.2) is 54.6 Å². The molecule has 0 N–H and O–H groups in total. The van der Waals surface area contributed by atoms with Crippen molar-refractivity contribution >= 4 is 17.7 Å². The quantitative estimate of drug-likeness (QED) is 0.810. The third-order valence-corrected chi connectivity index (χ3v) is 5.14. The Bertz CT molecular complexity index is 626. The van der Waals surface area contributed by atoms with Gasteiger partial charge >= 0.3 is 0 Å². The lowest BCUT2D eigenvalue weighted by Crippen LogP contribution is -2.26. The van der Waals surface area contributed by atoms with Gasteiger partial charge in [-0.05, 0) is 29.4 Å². The van der Waals surface area contributed by atoms with Crippen molar-refractivity contribution < 1.29 is 4.79 Å². The SMILES string of the molecule is CCCSC1c2ccccc2C(=O)N1Cc1ccccc1. The monoisotopic (exact) mass is 297 g/mol. The van der Waals surface area contributed by atoms with E-state index in [9.17, 15) is 4.79 Å². The van der Waals surface area contributed by atoms with Gasteiger partial charge in [0, 0.05) is 12.1 Å². The number of carbonyl (C=O) groups excluding carboxylic acids is 1. The molecule has 0 saturated carbocycles. The summed E-state index contributed by atoms with van der Waals surface area (Å²) >= 11 is 1.86. The lowest BCUT2D eigenvalue weighted by atomic mass is 10.1. The number of hydrogen-bond donors (Lipinski definition) is 0. The fourth-order valence-corrected chi connectivity index (χ4v) is 3.87. The summed E-state index contributed by atoms with van der Waals surface area (Å²) in [6.45, 7) is 2.85. The van der Waals surface area contributed by atoms with Gasteiger partial charge < -0.3 is 4.90 Å². The van der Waals surface area contributed by atoms with Crippen molar-refractivity contribution in [2.24, 2.45) is 0 Å². The number of nitrogens with zero attached hydrogens (tertiary/aromatic N) is 1. The molecule has 1 atom stereocenters. The van der Waals surface area contributed by atoms with Crippen LogP contribution in [0.2, 0.25) is 0 Å². The first-order valence-corrected chi connectivity index (χ1v) is 8.41. The maximum atomic E-state index is 12.7. The molecule has 0 radical (unpaired) electrons. The van der Waals surface area contributed by atoms with Crippen LogP contribution in [0, 0.1) is 0 Å². The molecule has 0 aliphatic carbocycles. The maximum Gasteiger partial charge on any atom is 0.255 e. The van der Waals surface area contributed by atoms with E-state index in [4.69, 9.17) is 0 Å². The number of rotatable bonds is 5. The summed E-state index contributed by atoms with van der Waals surface area (Å²) in [6.07, 6.45) is 1.12. The van der Waals surface area contributed by atoms with E-state index in [2.05, 4.69) is 25.1 Å². The second-order valence-electron chi connectivity index (χ2n) is 5.23. The Morgan fingerprint density at radius 1 is 1.05 bits per heavy atom. The highest BCUT2D eigenvalue weighted by atomic mass is 32.2. The molecular weight excluding hydrogens is 278 g/mol. The average molecular weight is 297 g/mol. The molecule has 1 heterocycles. The molecule has 0 fully saturated rings. The Morgan fingerprint density at radius 2 is 1.76 bits per heavy atom. The first kappa shape index (κ1) is 14.2. The standard InChI is InChI=1S/C18H19NOS/c1-2-12-21-18-16-11-7-6-10-15(16)17(20)19(18)13-14-8-4-3-5-9-14/h3-11,18H,2,12-13H2,1H3. The minimum atomic E-state index is 0.147. The number of carbonyl (C=O) groups is 1. The summed E-state index contributed by atoms with van der Waals surface area (Å²) in [5.41, 5.74) is 3.21. The number of amides is 1. The molecule has 0 saturated heterocycles. The number of fused-ring (bicyclic) bond motifs is 1. The third kappa shape index (κ3) is 2.84. The van der Waals surface area contributed by atoms with Crippen LogP contribution in [-0.2, 0) is 6.54 Å². The van der Waals surface area contributed by atoms with Crippen LogP contribution in [0.1, 0.15) is 40.2 Å². The second-order valence-corrected chi connectivity index (χ2v) is 6.42. The fourth-order valence-electron chi connectivity index (χ4n) is 2.68. The van der Waals surface area contributed by atoms with E-state index in [1.54, 1.807) is 0 Å². The van der Waals surface area contributed by atoms with Crippen molar-refractivity contribution in [3.8, 4) is 0 Å². The largest absolute Gasteiger partial charge is 0.318 e. The van der Waals surface area contributed by atoms with Gasteiger partial charge in [-0.2, -0.15) is 0 Å². The van der Waals surface area contributed by atoms with E-state index in [0.717, 1.165) is 23.3 Å². The average Bonchev–Trinajstić information content (AvgIpc) is 2.79. The van der Waals surface area contributed by atoms with Gasteiger partial charge in [-0.3, -0.25) is 4.79 Å². The van der Waals surface area contributed by atoms with Crippen LogP contribution in [0.4, 0.5) is 0 Å². The van der Waals surface area contributed by atoms with E-state index in [-0.39, 0.29) is 11.3 Å². The molecule has 21 heavy (non-hydrogen) atoms. The van der Waals surface area contributed by atoms with Crippen molar-refractivity contribution in [1.29, 1.82) is 0 Å². The molecule has 1 amide bonds. The first-order valence-electron chi connectivity index (χ1n) is 7.36. The highest BCUT2D eigenvalue weighted by Gasteiger charge is 2.36. The number of benzene rings is 2. The van der Waals surface area contributed by atoms with Gasteiger partial charge in [-0.1, -0.05) is 55.5 Å². The molecule has 0 spiro atoms. The molecule has 2 aromatic rings. The zero-order valence-electron chi connectivity index (χ0n) is 12.2. The summed E-state index contributed by atoms with van der Waals surface area (Å²) in [4.78, 5) is 14.7. The van der Waals surface area contributed by atoms with E-state index < -0.39 is 0 Å². The molecule has 3 rings (SSSR count). The molecule has 2 aromatic carbocycles. The van der Waals surface area contributed by atoms with Gasteiger partial charge in [0.05, 0.1) is 0 Å². The smallest absolute Gasteiger partial charge is 0.255 e. The normalized spacial score (nSPS) is 17.1. The summed E-state index contributed by atoms with van der Waals surface area (Å²) < 4.78 is 0. The van der Waals surface area contributed by atoms with Crippen LogP contribution in [0.3, 0.4) is 0 Å². The predicted octanol–water partition coefficient (Wildman–Crippen LogP) is 4.48. The molecule has 1 aliphatic heterocycles. The molecule has 3 heteroatoms. The van der Waals surface area contributed by atoms with Crippen molar-refractivity contribution in [2.45, 2.75) is 25.3 Å². The molecule has 2 nitrogen and oxygen atoms in total. The minimum absolute atomic E-state index is 0.147.